The predicted octanol–water partition coefficient (Wildman–Crippen LogP) is 4.06. The van der Waals surface area contributed by atoms with Gasteiger partial charge in [0, 0.05) is 10.9 Å². The number of phenolic OH excluding ortho intramolecular Hbond substituents is 1. The van der Waals surface area contributed by atoms with Gasteiger partial charge in [-0.2, -0.15) is 0 Å². The molecule has 0 fully saturated rings. The molecule has 106 valence electrons. The summed E-state index contributed by atoms with van der Waals surface area (Å²) in [5.74, 6) is -0.991. The minimum absolute atomic E-state index is 0.00537. The third kappa shape index (κ3) is 2.50. The quantitative estimate of drug-likeness (QED) is 0.678. The Morgan fingerprint density at radius 1 is 1.00 bits per heavy atom. The molecule has 0 radical (unpaired) electrons. The SMILES string of the molecule is C=C(C)C(=O)c1cc2ccccc2c(O)c1C(=O)C(=C)C. The fourth-order valence-corrected chi connectivity index (χ4v) is 2.18. The van der Waals surface area contributed by atoms with Crippen molar-refractivity contribution in [1.82, 2.24) is 0 Å². The number of Topliss-reactive ketones (excluding diaryl/α,β-unsaturated/α-hetero) is 2. The van der Waals surface area contributed by atoms with Gasteiger partial charge in [0.15, 0.2) is 11.6 Å². The summed E-state index contributed by atoms with van der Waals surface area (Å²) in [6, 6.07) is 8.66. The largest absolute Gasteiger partial charge is 0.507 e. The number of aromatic hydroxyl groups is 1. The van der Waals surface area contributed by atoms with Crippen molar-refractivity contribution in [2.24, 2.45) is 0 Å². The van der Waals surface area contributed by atoms with Crippen LogP contribution in [0.2, 0.25) is 0 Å². The number of hydrogen-bond acceptors (Lipinski definition) is 3. The third-order valence-corrected chi connectivity index (χ3v) is 3.27. The number of ketones is 2. The molecule has 3 nitrogen and oxygen atoms in total. The topological polar surface area (TPSA) is 54.4 Å². The van der Waals surface area contributed by atoms with Gasteiger partial charge in [-0.15, -0.1) is 0 Å². The second kappa shape index (κ2) is 5.37. The maximum Gasteiger partial charge on any atom is 0.192 e. The molecule has 0 saturated carbocycles. The molecule has 0 aliphatic carbocycles. The average molecular weight is 280 g/mol. The van der Waals surface area contributed by atoms with Gasteiger partial charge in [0.2, 0.25) is 0 Å². The van der Waals surface area contributed by atoms with E-state index in [1.165, 1.54) is 0 Å². The highest BCUT2D eigenvalue weighted by Crippen LogP contribution is 2.34. The van der Waals surface area contributed by atoms with Crippen LogP contribution in [0, 0.1) is 0 Å². The summed E-state index contributed by atoms with van der Waals surface area (Å²) in [6.07, 6.45) is 0. The zero-order valence-corrected chi connectivity index (χ0v) is 12.1. The fraction of sp³-hybridized carbons (Fsp3) is 0.111. The number of carbonyl (C=O) groups is 2. The minimum atomic E-state index is -0.442. The van der Waals surface area contributed by atoms with Gasteiger partial charge in [0.1, 0.15) is 5.75 Å². The molecule has 2 aromatic carbocycles. The zero-order chi connectivity index (χ0) is 15.7. The molecule has 0 spiro atoms. The van der Waals surface area contributed by atoms with Crippen LogP contribution in [0.25, 0.3) is 10.8 Å². The Bertz CT molecular complexity index is 797. The first-order valence-electron chi connectivity index (χ1n) is 6.49. The fourth-order valence-electron chi connectivity index (χ4n) is 2.18. The van der Waals surface area contributed by atoms with Crippen LogP contribution in [0.15, 0.2) is 54.6 Å². The van der Waals surface area contributed by atoms with Crippen molar-refractivity contribution in [1.29, 1.82) is 0 Å². The van der Waals surface area contributed by atoms with Crippen molar-refractivity contribution in [3.05, 3.63) is 65.8 Å². The number of carbonyl (C=O) groups excluding carboxylic acids is 2. The molecule has 21 heavy (non-hydrogen) atoms. The Kier molecular flexibility index (Phi) is 3.76. The minimum Gasteiger partial charge on any atom is -0.507 e. The van der Waals surface area contributed by atoms with Crippen LogP contribution in [-0.4, -0.2) is 16.7 Å². The Morgan fingerprint density at radius 2 is 1.57 bits per heavy atom. The molecule has 0 unspecified atom stereocenters. The molecule has 2 aromatic rings. The van der Waals surface area contributed by atoms with E-state index in [1.54, 1.807) is 44.2 Å². The van der Waals surface area contributed by atoms with E-state index in [4.69, 9.17) is 0 Å². The van der Waals surface area contributed by atoms with Crippen LogP contribution in [0.4, 0.5) is 0 Å². The molecule has 0 aliphatic heterocycles. The summed E-state index contributed by atoms with van der Waals surface area (Å²) in [4.78, 5) is 24.6. The molecule has 0 saturated heterocycles. The second-order valence-electron chi connectivity index (χ2n) is 5.09. The number of benzene rings is 2. The highest BCUT2D eigenvalue weighted by Gasteiger charge is 2.23. The van der Waals surface area contributed by atoms with Crippen molar-refractivity contribution in [3.63, 3.8) is 0 Å². The highest BCUT2D eigenvalue weighted by atomic mass is 16.3. The van der Waals surface area contributed by atoms with Crippen molar-refractivity contribution in [2.75, 3.05) is 0 Å². The maximum absolute atomic E-state index is 12.3. The second-order valence-corrected chi connectivity index (χ2v) is 5.09. The lowest BCUT2D eigenvalue weighted by atomic mass is 9.90. The molecule has 0 atom stereocenters. The van der Waals surface area contributed by atoms with E-state index in [1.807, 2.05) is 0 Å². The third-order valence-electron chi connectivity index (χ3n) is 3.27. The number of hydrogen-bond donors (Lipinski definition) is 1. The number of allylic oxidation sites excluding steroid dienone is 2. The monoisotopic (exact) mass is 280 g/mol. The molecule has 0 aromatic heterocycles. The van der Waals surface area contributed by atoms with Crippen LogP contribution in [0.5, 0.6) is 5.75 Å². The zero-order valence-electron chi connectivity index (χ0n) is 12.1. The van der Waals surface area contributed by atoms with Gasteiger partial charge in [-0.25, -0.2) is 0 Å². The Balaban J connectivity index is 2.90. The van der Waals surface area contributed by atoms with Crippen molar-refractivity contribution >= 4 is 22.3 Å². The van der Waals surface area contributed by atoms with Gasteiger partial charge in [-0.3, -0.25) is 9.59 Å². The molecule has 2 rings (SSSR count). The van der Waals surface area contributed by atoms with Crippen LogP contribution in [0.1, 0.15) is 34.6 Å². The van der Waals surface area contributed by atoms with Crippen LogP contribution in [-0.2, 0) is 0 Å². The van der Waals surface area contributed by atoms with E-state index in [9.17, 15) is 14.7 Å². The smallest absolute Gasteiger partial charge is 0.192 e. The highest BCUT2D eigenvalue weighted by molar-refractivity contribution is 6.22. The Hall–Kier alpha value is -2.68. The molecule has 0 aliphatic rings. The van der Waals surface area contributed by atoms with E-state index in [-0.39, 0.29) is 28.2 Å². The number of fused-ring (bicyclic) bond motifs is 1. The van der Waals surface area contributed by atoms with E-state index >= 15 is 0 Å². The van der Waals surface area contributed by atoms with Gasteiger partial charge >= 0.3 is 0 Å². The summed E-state index contributed by atoms with van der Waals surface area (Å²) < 4.78 is 0. The van der Waals surface area contributed by atoms with E-state index < -0.39 is 5.78 Å². The van der Waals surface area contributed by atoms with Crippen LogP contribution >= 0.6 is 0 Å². The molecule has 0 heterocycles. The lowest BCUT2D eigenvalue weighted by Gasteiger charge is -2.13. The normalized spacial score (nSPS) is 10.4. The van der Waals surface area contributed by atoms with Crippen LogP contribution < -0.4 is 0 Å². The van der Waals surface area contributed by atoms with E-state index in [0.29, 0.717) is 16.3 Å². The summed E-state index contributed by atoms with van der Waals surface area (Å²) in [5.41, 5.74) is 0.720. The van der Waals surface area contributed by atoms with Gasteiger partial charge in [-0.05, 0) is 36.4 Å². The Morgan fingerprint density at radius 3 is 2.14 bits per heavy atom. The summed E-state index contributed by atoms with van der Waals surface area (Å²) >= 11 is 0. The van der Waals surface area contributed by atoms with Crippen molar-refractivity contribution in [2.45, 2.75) is 13.8 Å². The van der Waals surface area contributed by atoms with Crippen molar-refractivity contribution < 1.29 is 14.7 Å². The first-order valence-corrected chi connectivity index (χ1v) is 6.49. The van der Waals surface area contributed by atoms with Gasteiger partial charge in [-0.1, -0.05) is 37.4 Å². The molecule has 1 N–H and O–H groups in total. The lowest BCUT2D eigenvalue weighted by Crippen LogP contribution is -2.11. The molecular weight excluding hydrogens is 264 g/mol. The van der Waals surface area contributed by atoms with Gasteiger partial charge in [0.05, 0.1) is 5.56 Å². The van der Waals surface area contributed by atoms with Crippen LogP contribution in [0.3, 0.4) is 0 Å². The summed E-state index contributed by atoms with van der Waals surface area (Å²) in [6.45, 7) is 10.3. The van der Waals surface area contributed by atoms with Gasteiger partial charge in [0.25, 0.3) is 0 Å². The van der Waals surface area contributed by atoms with Crippen molar-refractivity contribution in [3.8, 4) is 5.75 Å². The summed E-state index contributed by atoms with van der Waals surface area (Å²) in [7, 11) is 0. The Labute approximate surface area is 123 Å². The molecule has 3 heteroatoms. The standard InChI is InChI=1S/C18H16O3/c1-10(2)16(19)14-9-12-7-5-6-8-13(12)18(21)15(14)17(20)11(3)4/h5-9,21H,1,3H2,2,4H3. The number of rotatable bonds is 4. The first kappa shape index (κ1) is 14.7. The lowest BCUT2D eigenvalue weighted by molar-refractivity contribution is 0.0997. The van der Waals surface area contributed by atoms with Gasteiger partial charge < -0.3 is 5.11 Å². The first-order chi connectivity index (χ1) is 9.84. The number of phenols is 1. The molecular formula is C18H16O3. The predicted molar refractivity (Wildman–Crippen MR) is 83.9 cm³/mol. The average Bonchev–Trinajstić information content (AvgIpc) is 2.45. The molecule has 0 bridgehead atoms. The summed E-state index contributed by atoms with van der Waals surface area (Å²) in [5, 5.41) is 11.7. The van der Waals surface area contributed by atoms with E-state index in [2.05, 4.69) is 13.2 Å². The van der Waals surface area contributed by atoms with E-state index in [0.717, 1.165) is 0 Å². The maximum atomic E-state index is 12.3. The molecule has 0 amide bonds.